The number of benzene rings is 1. The van der Waals surface area contributed by atoms with E-state index in [4.69, 9.17) is 4.74 Å². The third kappa shape index (κ3) is 3.89. The van der Waals surface area contributed by atoms with Crippen LogP contribution in [0.4, 0.5) is 0 Å². The Morgan fingerprint density at radius 1 is 1.18 bits per heavy atom. The van der Waals surface area contributed by atoms with Gasteiger partial charge in [0.2, 0.25) is 0 Å². The minimum Gasteiger partial charge on any atom is -0.486 e. The van der Waals surface area contributed by atoms with Gasteiger partial charge in [-0.2, -0.15) is 0 Å². The van der Waals surface area contributed by atoms with Gasteiger partial charge in [0, 0.05) is 23.5 Å². The van der Waals surface area contributed by atoms with Crippen molar-refractivity contribution in [2.45, 2.75) is 27.0 Å². The molecule has 28 heavy (non-hydrogen) atoms. The first-order valence-corrected chi connectivity index (χ1v) is 9.82. The molecule has 0 unspecified atom stereocenters. The lowest BCUT2D eigenvalue weighted by Gasteiger charge is -2.10. The standard InChI is InChI=1S/C21H20N4O2S/c1-14-6-5-9-25-11-16(24-20(14)25)12-27-18-8-4-3-7-17(18)21(26)22-10-19-23-15(2)13-28-19/h3-9,11,13H,10,12H2,1-2H3,(H,22,26). The lowest BCUT2D eigenvalue weighted by molar-refractivity contribution is 0.0946. The van der Waals surface area contributed by atoms with Crippen LogP contribution >= 0.6 is 11.3 Å². The van der Waals surface area contributed by atoms with Gasteiger partial charge in [-0.3, -0.25) is 4.79 Å². The Morgan fingerprint density at radius 2 is 2.04 bits per heavy atom. The number of pyridine rings is 1. The molecule has 142 valence electrons. The van der Waals surface area contributed by atoms with Crippen molar-refractivity contribution in [2.24, 2.45) is 0 Å². The number of rotatable bonds is 6. The van der Waals surface area contributed by atoms with Gasteiger partial charge in [-0.15, -0.1) is 11.3 Å². The molecule has 1 N–H and O–H groups in total. The van der Waals surface area contributed by atoms with Gasteiger partial charge in [-0.05, 0) is 37.6 Å². The molecule has 6 nitrogen and oxygen atoms in total. The predicted octanol–water partition coefficient (Wildman–Crippen LogP) is 3.92. The number of thiazole rings is 1. The van der Waals surface area contributed by atoms with E-state index in [1.165, 1.54) is 11.3 Å². The third-order valence-electron chi connectivity index (χ3n) is 4.30. The van der Waals surface area contributed by atoms with Crippen LogP contribution in [0.5, 0.6) is 5.75 Å². The number of carbonyl (C=O) groups excluding carboxylic acids is 1. The van der Waals surface area contributed by atoms with E-state index in [9.17, 15) is 4.79 Å². The van der Waals surface area contributed by atoms with E-state index < -0.39 is 0 Å². The molecule has 3 heterocycles. The lowest BCUT2D eigenvalue weighted by atomic mass is 10.2. The molecule has 0 bridgehead atoms. The molecule has 4 aromatic rings. The van der Waals surface area contributed by atoms with Crippen molar-refractivity contribution < 1.29 is 9.53 Å². The molecule has 0 spiro atoms. The second-order valence-corrected chi connectivity index (χ2v) is 7.45. The van der Waals surface area contributed by atoms with Crippen LogP contribution in [0.15, 0.2) is 54.2 Å². The summed E-state index contributed by atoms with van der Waals surface area (Å²) >= 11 is 1.53. The van der Waals surface area contributed by atoms with E-state index in [0.29, 0.717) is 17.9 Å². The molecule has 0 aliphatic heterocycles. The Balaban J connectivity index is 1.46. The van der Waals surface area contributed by atoms with Crippen LogP contribution in [0.3, 0.4) is 0 Å². The first kappa shape index (κ1) is 18.2. The molecule has 0 aliphatic carbocycles. The summed E-state index contributed by atoms with van der Waals surface area (Å²) in [6, 6.07) is 11.2. The van der Waals surface area contributed by atoms with Crippen LogP contribution in [-0.4, -0.2) is 20.3 Å². The highest BCUT2D eigenvalue weighted by Gasteiger charge is 2.13. The van der Waals surface area contributed by atoms with Crippen molar-refractivity contribution in [3.63, 3.8) is 0 Å². The summed E-state index contributed by atoms with van der Waals surface area (Å²) in [7, 11) is 0. The van der Waals surface area contributed by atoms with Crippen LogP contribution in [0.2, 0.25) is 0 Å². The number of nitrogens with one attached hydrogen (secondary N) is 1. The molecule has 0 saturated heterocycles. The highest BCUT2D eigenvalue weighted by molar-refractivity contribution is 7.09. The Hall–Kier alpha value is -3.19. The topological polar surface area (TPSA) is 68.5 Å². The number of nitrogens with zero attached hydrogens (tertiary/aromatic N) is 3. The summed E-state index contributed by atoms with van der Waals surface area (Å²) in [5.74, 6) is 0.346. The maximum atomic E-state index is 12.6. The molecule has 3 aromatic heterocycles. The third-order valence-corrected chi connectivity index (χ3v) is 5.27. The van der Waals surface area contributed by atoms with Crippen LogP contribution in [0, 0.1) is 13.8 Å². The number of aryl methyl sites for hydroxylation is 2. The molecule has 0 aliphatic rings. The molecule has 0 atom stereocenters. The predicted molar refractivity (Wildman–Crippen MR) is 109 cm³/mol. The fraction of sp³-hybridized carbons (Fsp3) is 0.190. The fourth-order valence-electron chi connectivity index (χ4n) is 2.94. The van der Waals surface area contributed by atoms with Crippen LogP contribution < -0.4 is 10.1 Å². The van der Waals surface area contributed by atoms with Crippen LogP contribution in [0.1, 0.15) is 32.3 Å². The molecule has 0 fully saturated rings. The second-order valence-electron chi connectivity index (χ2n) is 6.50. The summed E-state index contributed by atoms with van der Waals surface area (Å²) < 4.78 is 7.90. The number of carbonyl (C=O) groups is 1. The average Bonchev–Trinajstić information content (AvgIpc) is 3.31. The smallest absolute Gasteiger partial charge is 0.255 e. The Labute approximate surface area is 166 Å². The van der Waals surface area contributed by atoms with E-state index in [1.54, 1.807) is 12.1 Å². The van der Waals surface area contributed by atoms with Gasteiger partial charge in [-0.25, -0.2) is 9.97 Å². The van der Waals surface area contributed by atoms with Crippen molar-refractivity contribution in [2.75, 3.05) is 0 Å². The van der Waals surface area contributed by atoms with E-state index in [-0.39, 0.29) is 12.5 Å². The zero-order valence-corrected chi connectivity index (χ0v) is 16.5. The molecular formula is C21H20N4O2S. The normalized spacial score (nSPS) is 10.9. The number of imidazole rings is 1. The van der Waals surface area contributed by atoms with Gasteiger partial charge < -0.3 is 14.5 Å². The number of hydrogen-bond donors (Lipinski definition) is 1. The number of aromatic nitrogens is 3. The van der Waals surface area contributed by atoms with Crippen molar-refractivity contribution in [3.05, 3.63) is 81.7 Å². The quantitative estimate of drug-likeness (QED) is 0.540. The first-order chi connectivity index (χ1) is 13.6. The van der Waals surface area contributed by atoms with Gasteiger partial charge in [0.1, 0.15) is 23.0 Å². The second kappa shape index (κ2) is 7.82. The average molecular weight is 392 g/mol. The van der Waals surface area contributed by atoms with Gasteiger partial charge in [0.05, 0.1) is 17.8 Å². The number of para-hydroxylation sites is 1. The Bertz CT molecular complexity index is 1130. The highest BCUT2D eigenvalue weighted by atomic mass is 32.1. The molecule has 1 aromatic carbocycles. The first-order valence-electron chi connectivity index (χ1n) is 8.94. The number of amides is 1. The number of hydrogen-bond acceptors (Lipinski definition) is 5. The van der Waals surface area contributed by atoms with Gasteiger partial charge in [-0.1, -0.05) is 18.2 Å². The van der Waals surface area contributed by atoms with Gasteiger partial charge in [0.25, 0.3) is 5.91 Å². The zero-order chi connectivity index (χ0) is 19.5. The molecule has 0 saturated carbocycles. The van der Waals surface area contributed by atoms with Crippen molar-refractivity contribution in [1.29, 1.82) is 0 Å². The number of ether oxygens (including phenoxy) is 1. The van der Waals surface area contributed by atoms with Crippen LogP contribution in [-0.2, 0) is 13.2 Å². The largest absolute Gasteiger partial charge is 0.486 e. The molecular weight excluding hydrogens is 372 g/mol. The Kier molecular flexibility index (Phi) is 5.08. The van der Waals surface area contributed by atoms with E-state index in [2.05, 4.69) is 15.3 Å². The fourth-order valence-corrected chi connectivity index (χ4v) is 3.65. The van der Waals surface area contributed by atoms with Crippen molar-refractivity contribution in [3.8, 4) is 5.75 Å². The lowest BCUT2D eigenvalue weighted by Crippen LogP contribution is -2.23. The van der Waals surface area contributed by atoms with E-state index >= 15 is 0 Å². The number of fused-ring (bicyclic) bond motifs is 1. The van der Waals surface area contributed by atoms with Crippen molar-refractivity contribution >= 4 is 22.9 Å². The monoisotopic (exact) mass is 392 g/mol. The summed E-state index contributed by atoms with van der Waals surface area (Å²) in [6.45, 7) is 4.65. The zero-order valence-electron chi connectivity index (χ0n) is 15.7. The highest BCUT2D eigenvalue weighted by Crippen LogP contribution is 2.20. The molecule has 7 heteroatoms. The van der Waals surface area contributed by atoms with E-state index in [0.717, 1.165) is 27.6 Å². The molecule has 1 amide bonds. The van der Waals surface area contributed by atoms with Gasteiger partial charge >= 0.3 is 0 Å². The van der Waals surface area contributed by atoms with Crippen LogP contribution in [0.25, 0.3) is 5.65 Å². The minimum absolute atomic E-state index is 0.186. The van der Waals surface area contributed by atoms with E-state index in [1.807, 2.05) is 60.3 Å². The summed E-state index contributed by atoms with van der Waals surface area (Å²) in [6.07, 6.45) is 3.90. The summed E-state index contributed by atoms with van der Waals surface area (Å²) in [5.41, 5.74) is 4.27. The summed E-state index contributed by atoms with van der Waals surface area (Å²) in [5, 5.41) is 5.75. The SMILES string of the molecule is Cc1csc(CNC(=O)c2ccccc2OCc2cn3cccc(C)c3n2)n1. The maximum Gasteiger partial charge on any atom is 0.255 e. The molecule has 4 rings (SSSR count). The van der Waals surface area contributed by atoms with Gasteiger partial charge in [0.15, 0.2) is 0 Å². The van der Waals surface area contributed by atoms with Crippen molar-refractivity contribution in [1.82, 2.24) is 19.7 Å². The maximum absolute atomic E-state index is 12.6. The summed E-state index contributed by atoms with van der Waals surface area (Å²) in [4.78, 5) is 21.6. The molecule has 0 radical (unpaired) electrons. The minimum atomic E-state index is -0.186. The Morgan fingerprint density at radius 3 is 2.82 bits per heavy atom.